The monoisotopic (exact) mass is 1330 g/mol. The Kier molecular flexibility index (Phi) is 25.5. The highest BCUT2D eigenvalue weighted by atomic mass is 35.5. The molecule has 11 heterocycles. The third-order valence-corrected chi connectivity index (χ3v) is 21.1. The molecule has 7 saturated heterocycles. The van der Waals surface area contributed by atoms with E-state index in [9.17, 15) is 35.9 Å². The number of H-pyrrole nitrogens is 2. The average Bonchev–Trinajstić information content (AvgIpc) is 0.871. The minimum Gasteiger partial charge on any atom is -0.450 e. The number of sulfonamides is 2. The molecule has 90 heavy (non-hydrogen) atoms. The van der Waals surface area contributed by atoms with Crippen molar-refractivity contribution in [2.75, 3.05) is 85.7 Å². The van der Waals surface area contributed by atoms with E-state index >= 15 is 4.39 Å². The number of nitrogens with zero attached hydrogens (tertiary/aromatic N) is 10. The lowest BCUT2D eigenvalue weighted by Crippen LogP contribution is -2.58. The maximum absolute atomic E-state index is 15.6. The average molecular weight is 1330 g/mol. The number of rotatable bonds is 17. The first-order valence-electron chi connectivity index (χ1n) is 31.0. The summed E-state index contributed by atoms with van der Waals surface area (Å²) in [5.74, 6) is -0.231. The van der Waals surface area contributed by atoms with Gasteiger partial charge in [-0.25, -0.2) is 45.2 Å². The van der Waals surface area contributed by atoms with Crippen molar-refractivity contribution < 1.29 is 73.8 Å². The van der Waals surface area contributed by atoms with Crippen LogP contribution in [0, 0.1) is 25.5 Å². The lowest BCUT2D eigenvalue weighted by Gasteiger charge is -2.49. The van der Waals surface area contributed by atoms with Gasteiger partial charge in [-0.2, -0.15) is 28.8 Å². The summed E-state index contributed by atoms with van der Waals surface area (Å²) in [5.41, 5.74) is 0.641. The minimum atomic E-state index is -3.33. The summed E-state index contributed by atoms with van der Waals surface area (Å²) in [5, 5.41) is 37.9. The van der Waals surface area contributed by atoms with Crippen molar-refractivity contribution in [3.8, 4) is 0 Å². The van der Waals surface area contributed by atoms with Gasteiger partial charge in [-0.3, -0.25) is 10.2 Å². The van der Waals surface area contributed by atoms with Crippen LogP contribution in [0.25, 0.3) is 0 Å². The van der Waals surface area contributed by atoms with E-state index in [1.54, 1.807) is 34.6 Å². The van der Waals surface area contributed by atoms with Crippen molar-refractivity contribution in [2.24, 2.45) is 0 Å². The van der Waals surface area contributed by atoms with Crippen LogP contribution in [0.3, 0.4) is 0 Å². The number of aryl methyl sites for hydroxylation is 2. The van der Waals surface area contributed by atoms with Crippen molar-refractivity contribution in [3.05, 3.63) is 46.5 Å². The predicted molar refractivity (Wildman–Crippen MR) is 329 cm³/mol. The number of hydrogen-bond acceptors (Lipinski definition) is 24. The fraction of sp³-hybridized carbons (Fsp3) is 0.719. The van der Waals surface area contributed by atoms with Crippen molar-refractivity contribution in [1.82, 2.24) is 48.9 Å². The smallest absolute Gasteiger partial charge is 0.450 e. The van der Waals surface area contributed by atoms with E-state index in [0.29, 0.717) is 76.6 Å². The second kappa shape index (κ2) is 32.7. The van der Waals surface area contributed by atoms with E-state index in [1.165, 1.54) is 0 Å². The van der Waals surface area contributed by atoms with Crippen LogP contribution in [-0.2, 0) is 61.7 Å². The van der Waals surface area contributed by atoms with Gasteiger partial charge >= 0.3 is 11.6 Å². The summed E-state index contributed by atoms with van der Waals surface area (Å²) >= 11 is 5.01. The van der Waals surface area contributed by atoms with Crippen LogP contribution in [0.2, 0.25) is 0 Å². The molecule has 28 nitrogen and oxygen atoms in total. The summed E-state index contributed by atoms with van der Waals surface area (Å²) in [4.78, 5) is 43.8. The third-order valence-electron chi connectivity index (χ3n) is 17.1. The molecule has 2 unspecified atom stereocenters. The molecule has 7 fully saturated rings. The highest BCUT2D eigenvalue weighted by Crippen LogP contribution is 2.41. The molecule has 4 bridgehead atoms. The van der Waals surface area contributed by atoms with Gasteiger partial charge in [0.25, 0.3) is 0 Å². The number of halogens is 3. The number of aliphatic hydroxyl groups excluding tert-OH is 2. The Hall–Kier alpha value is -5.71. The second-order valence-electron chi connectivity index (χ2n) is 23.4. The topological polar surface area (TPSA) is 344 Å². The Morgan fingerprint density at radius 1 is 0.644 bits per heavy atom. The summed E-state index contributed by atoms with van der Waals surface area (Å²) < 4.78 is 115. The van der Waals surface area contributed by atoms with E-state index in [2.05, 4.69) is 51.0 Å². The molecule has 502 valence electrons. The number of ether oxygens (including phenoxy) is 6. The molecule has 7 aliphatic heterocycles. The van der Waals surface area contributed by atoms with Gasteiger partial charge < -0.3 is 59.1 Å². The number of piperidine rings is 4. The molecular weight excluding hydrogens is 1240 g/mol. The van der Waals surface area contributed by atoms with Gasteiger partial charge in [0.1, 0.15) is 30.2 Å². The Labute approximate surface area is 529 Å². The minimum absolute atomic E-state index is 0.00564. The molecule has 6 atom stereocenters. The fourth-order valence-electron chi connectivity index (χ4n) is 12.3. The molecule has 6 N–H and O–H groups in total. The molecule has 0 saturated carbocycles. The fourth-order valence-corrected chi connectivity index (χ4v) is 15.6. The maximum atomic E-state index is 15.6. The number of nitrogens with one attached hydrogen (secondary N) is 4. The van der Waals surface area contributed by atoms with Gasteiger partial charge in [-0.05, 0) is 91.9 Å². The van der Waals surface area contributed by atoms with Crippen LogP contribution in [0.1, 0.15) is 139 Å². The lowest BCUT2D eigenvalue weighted by molar-refractivity contribution is -0.0303. The number of aliphatic hydroxyl groups is 2. The Balaban J connectivity index is 0.000000187. The van der Waals surface area contributed by atoms with Crippen LogP contribution in [-0.4, -0.2) is 207 Å². The van der Waals surface area contributed by atoms with Gasteiger partial charge in [-0.1, -0.05) is 12.8 Å². The summed E-state index contributed by atoms with van der Waals surface area (Å²) in [6.07, 6.45) is 10.8. The van der Waals surface area contributed by atoms with Crippen LogP contribution >= 0.6 is 11.6 Å². The number of aromatic nitrogens is 8. The van der Waals surface area contributed by atoms with Crippen LogP contribution < -0.4 is 20.4 Å². The molecule has 0 aromatic carbocycles. The summed E-state index contributed by atoms with van der Waals surface area (Å²) in [6.45, 7) is 9.78. The van der Waals surface area contributed by atoms with E-state index < -0.39 is 56.5 Å². The summed E-state index contributed by atoms with van der Waals surface area (Å²) in [6, 6.07) is 3.05. The van der Waals surface area contributed by atoms with Crippen molar-refractivity contribution in [1.29, 1.82) is 0 Å². The van der Waals surface area contributed by atoms with Crippen LogP contribution in [0.5, 0.6) is 0 Å². The van der Waals surface area contributed by atoms with Crippen molar-refractivity contribution in [2.45, 2.75) is 198 Å². The second-order valence-corrected chi connectivity index (χ2v) is 28.1. The van der Waals surface area contributed by atoms with Gasteiger partial charge in [0.05, 0.1) is 50.6 Å². The standard InChI is InChI=1S/C26H38FN7O6S.C20H30FN7O3S.C6H9ClO3.C5H10O2/c1-4-41(36,37)34-17-6-5-7-18(34)14-19(13-17)33(3)25-28-21(15-39-26(35)40-20-8-10-38-11-9-20)23(27)24(30-25)29-22-12-16(2)31-32-22;1-4-32(30,31)28-13-6-5-7-14(28)10-15(9-13)27(3)20-22-16(11-29)18(21)19(24-20)23-17-8-12(2)25-26-17;7-6(8)10-5-1-3-9-4-2-5;6-5-1-3-7-4-2-5/h12,17-20H,4-11,13-15H2,1-3H3,(H2,28,29,30,31,32);8,13-15,29H,4-7,9-11H2,1-3H3,(H2,22,23,24,25,26);5H,1-4H2;5-6H,1-4H2/t17-,18+,19?;13-,14+,15?;;. The number of hydrogen-bond donors (Lipinski definition) is 6. The van der Waals surface area contributed by atoms with E-state index in [4.69, 9.17) is 45.1 Å². The zero-order chi connectivity index (χ0) is 64.7. The molecular formula is C57H87ClF2N14O14S2. The van der Waals surface area contributed by atoms with E-state index in [1.807, 2.05) is 37.7 Å². The third kappa shape index (κ3) is 19.0. The Bertz CT molecular complexity index is 3180. The number of carbonyl (C=O) groups excluding carboxylic acids is 2. The highest BCUT2D eigenvalue weighted by molar-refractivity contribution is 7.89. The largest absolute Gasteiger partial charge is 0.508 e. The molecule has 11 rings (SSSR count). The quantitative estimate of drug-likeness (QED) is 0.0451. The normalized spacial score (nSPS) is 23.5. The Morgan fingerprint density at radius 2 is 1.03 bits per heavy atom. The lowest BCUT2D eigenvalue weighted by atomic mass is 9.83. The maximum Gasteiger partial charge on any atom is 0.508 e. The molecule has 0 aliphatic carbocycles. The van der Waals surface area contributed by atoms with E-state index in [-0.39, 0.29) is 101 Å². The first-order valence-corrected chi connectivity index (χ1v) is 34.6. The zero-order valence-electron chi connectivity index (χ0n) is 52.0. The van der Waals surface area contributed by atoms with Gasteiger partial charge in [0, 0.05) is 124 Å². The molecule has 0 radical (unpaired) electrons. The van der Waals surface area contributed by atoms with Crippen LogP contribution in [0.15, 0.2) is 12.1 Å². The van der Waals surface area contributed by atoms with Crippen LogP contribution in [0.4, 0.5) is 53.5 Å². The number of aromatic amines is 2. The Morgan fingerprint density at radius 3 is 1.39 bits per heavy atom. The SMILES string of the molecule is CCS(=O)(=O)N1[C@@H]2CCC[C@H]1CC(N(C)c1nc(CO)c(F)c(Nc3cc(C)[nH]n3)n1)C2.CCS(=O)(=O)N1[C@@H]2CCC[C@H]1CC(N(C)c1nc(COC(=O)OC3CCOCC3)c(F)c(Nc3cc(C)[nH]n3)n1)C2.O=C(Cl)OC1CCOCC1.OC1CCOCC1. The number of fused-ring (bicyclic) bond motifs is 4. The van der Waals surface area contributed by atoms with Crippen molar-refractivity contribution >= 4 is 78.4 Å². The predicted octanol–water partition coefficient (Wildman–Crippen LogP) is 7.15. The molecule has 4 aromatic heterocycles. The first-order chi connectivity index (χ1) is 43.1. The number of carbonyl (C=O) groups is 2. The first kappa shape index (κ1) is 70.2. The zero-order valence-corrected chi connectivity index (χ0v) is 54.3. The molecule has 0 spiro atoms. The van der Waals surface area contributed by atoms with Gasteiger partial charge in [0.15, 0.2) is 34.9 Å². The van der Waals surface area contributed by atoms with Gasteiger partial charge in [-0.15, -0.1) is 0 Å². The molecule has 7 aliphatic rings. The highest BCUT2D eigenvalue weighted by Gasteiger charge is 2.47. The molecule has 33 heteroatoms. The number of anilines is 6. The van der Waals surface area contributed by atoms with Gasteiger partial charge in [0.2, 0.25) is 31.9 Å². The molecule has 4 aromatic rings. The molecule has 0 amide bonds. The summed E-state index contributed by atoms with van der Waals surface area (Å²) in [7, 11) is -2.94. The van der Waals surface area contributed by atoms with Crippen molar-refractivity contribution in [3.63, 3.8) is 0 Å². The van der Waals surface area contributed by atoms with E-state index in [0.717, 1.165) is 88.8 Å².